The van der Waals surface area contributed by atoms with E-state index in [-0.39, 0.29) is 12.5 Å². The Morgan fingerprint density at radius 2 is 2.30 bits per heavy atom. The lowest BCUT2D eigenvalue weighted by Crippen LogP contribution is -2.25. The fourth-order valence-electron chi connectivity index (χ4n) is 0.523. The van der Waals surface area contributed by atoms with E-state index in [0.717, 1.165) is 0 Å². The van der Waals surface area contributed by atoms with Crippen molar-refractivity contribution < 1.29 is 9.90 Å². The smallest absolute Gasteiger partial charge is 0.220 e. The first-order chi connectivity index (χ1) is 4.81. The highest BCUT2D eigenvalue weighted by atomic mass is 32.1. The highest BCUT2D eigenvalue weighted by Gasteiger charge is 1.96. The van der Waals surface area contributed by atoms with Crippen molar-refractivity contribution in [1.82, 2.24) is 5.32 Å². The van der Waals surface area contributed by atoms with Crippen LogP contribution in [0.2, 0.25) is 0 Å². The van der Waals surface area contributed by atoms with E-state index in [1.807, 2.05) is 0 Å². The van der Waals surface area contributed by atoms with Gasteiger partial charge in [-0.3, -0.25) is 4.79 Å². The molecule has 3 nitrogen and oxygen atoms in total. The summed E-state index contributed by atoms with van der Waals surface area (Å²) >= 11 is 3.92. The molecule has 0 saturated heterocycles. The minimum Gasteiger partial charge on any atom is -0.396 e. The van der Waals surface area contributed by atoms with Crippen molar-refractivity contribution in [2.24, 2.45) is 0 Å². The predicted molar refractivity (Wildman–Crippen MR) is 43.2 cm³/mol. The Kier molecular flexibility index (Phi) is 6.74. The Morgan fingerprint density at radius 3 is 2.80 bits per heavy atom. The van der Waals surface area contributed by atoms with Crippen LogP contribution in [0.15, 0.2) is 0 Å². The van der Waals surface area contributed by atoms with Crippen LogP contribution in [0.1, 0.15) is 12.8 Å². The summed E-state index contributed by atoms with van der Waals surface area (Å²) in [6.45, 7) is 0.682. The number of hydrogen-bond acceptors (Lipinski definition) is 3. The van der Waals surface area contributed by atoms with Crippen molar-refractivity contribution in [1.29, 1.82) is 0 Å². The summed E-state index contributed by atoms with van der Waals surface area (Å²) in [6.07, 6.45) is 0.947. The predicted octanol–water partition coefficient (Wildman–Crippen LogP) is -0.195. The summed E-state index contributed by atoms with van der Waals surface area (Å²) < 4.78 is 0. The van der Waals surface area contributed by atoms with E-state index >= 15 is 0 Å². The lowest BCUT2D eigenvalue weighted by molar-refractivity contribution is -0.121. The van der Waals surface area contributed by atoms with Gasteiger partial charge in [0.1, 0.15) is 0 Å². The standard InChI is InChI=1S/C6H13NO2S/c8-4-1-2-6(9)7-3-5-10/h8,10H,1-5H2,(H,7,9). The third kappa shape index (κ3) is 5.91. The van der Waals surface area contributed by atoms with E-state index in [1.165, 1.54) is 0 Å². The van der Waals surface area contributed by atoms with Gasteiger partial charge in [0.05, 0.1) is 0 Å². The van der Waals surface area contributed by atoms with Gasteiger partial charge in [-0.25, -0.2) is 0 Å². The minimum absolute atomic E-state index is 0.0110. The molecule has 0 aromatic rings. The normalized spacial score (nSPS) is 9.40. The van der Waals surface area contributed by atoms with Gasteiger partial charge in [0.2, 0.25) is 5.91 Å². The van der Waals surface area contributed by atoms with Crippen LogP contribution in [0.3, 0.4) is 0 Å². The highest BCUT2D eigenvalue weighted by molar-refractivity contribution is 7.80. The van der Waals surface area contributed by atoms with Crippen molar-refractivity contribution in [3.8, 4) is 0 Å². The van der Waals surface area contributed by atoms with Crippen LogP contribution < -0.4 is 5.32 Å². The Bertz CT molecular complexity index is 87.7. The third-order valence-corrected chi connectivity index (χ3v) is 1.22. The van der Waals surface area contributed by atoms with E-state index in [1.54, 1.807) is 0 Å². The molecule has 0 aromatic heterocycles. The van der Waals surface area contributed by atoms with Crippen LogP contribution in [-0.4, -0.2) is 29.9 Å². The van der Waals surface area contributed by atoms with Crippen molar-refractivity contribution in [3.63, 3.8) is 0 Å². The van der Waals surface area contributed by atoms with Crippen LogP contribution in [-0.2, 0) is 4.79 Å². The van der Waals surface area contributed by atoms with Gasteiger partial charge in [0.15, 0.2) is 0 Å². The zero-order valence-corrected chi connectivity index (χ0v) is 6.73. The van der Waals surface area contributed by atoms with Gasteiger partial charge in [-0.15, -0.1) is 0 Å². The molecule has 0 aromatic carbocycles. The molecule has 1 amide bonds. The minimum atomic E-state index is -0.0110. The Labute approximate surface area is 66.2 Å². The fourth-order valence-corrected chi connectivity index (χ4v) is 0.635. The van der Waals surface area contributed by atoms with Gasteiger partial charge < -0.3 is 10.4 Å². The van der Waals surface area contributed by atoms with Gasteiger partial charge in [-0.2, -0.15) is 12.6 Å². The van der Waals surface area contributed by atoms with Gasteiger partial charge in [-0.05, 0) is 6.42 Å². The number of aliphatic hydroxyl groups is 1. The molecule has 0 fully saturated rings. The number of carbonyl (C=O) groups is 1. The zero-order chi connectivity index (χ0) is 7.82. The maximum absolute atomic E-state index is 10.7. The maximum atomic E-state index is 10.7. The highest BCUT2D eigenvalue weighted by Crippen LogP contribution is 1.85. The molecule has 0 heterocycles. The lowest BCUT2D eigenvalue weighted by atomic mass is 10.3. The number of thiol groups is 1. The van der Waals surface area contributed by atoms with Crippen LogP contribution in [0.5, 0.6) is 0 Å². The number of rotatable bonds is 5. The molecule has 10 heavy (non-hydrogen) atoms. The monoisotopic (exact) mass is 163 g/mol. The van der Waals surface area contributed by atoms with Crippen LogP contribution in [0.4, 0.5) is 0 Å². The van der Waals surface area contributed by atoms with Crippen molar-refractivity contribution in [2.45, 2.75) is 12.8 Å². The molecule has 0 aliphatic heterocycles. The number of carbonyl (C=O) groups excluding carboxylic acids is 1. The quantitative estimate of drug-likeness (QED) is 0.492. The first-order valence-electron chi connectivity index (χ1n) is 3.29. The Hall–Kier alpha value is -0.220. The molecule has 0 unspecified atom stereocenters. The van der Waals surface area contributed by atoms with E-state index in [0.29, 0.717) is 25.1 Å². The van der Waals surface area contributed by atoms with Gasteiger partial charge >= 0.3 is 0 Å². The molecule has 4 heteroatoms. The van der Waals surface area contributed by atoms with Crippen LogP contribution >= 0.6 is 12.6 Å². The van der Waals surface area contributed by atoms with E-state index in [4.69, 9.17) is 5.11 Å². The molecule has 0 radical (unpaired) electrons. The average Bonchev–Trinajstić information content (AvgIpc) is 1.97. The van der Waals surface area contributed by atoms with E-state index in [9.17, 15) is 4.79 Å². The molecule has 2 N–H and O–H groups in total. The molecule has 60 valence electrons. The SMILES string of the molecule is O=C(CCCO)NCCS. The fraction of sp³-hybridized carbons (Fsp3) is 0.833. The molecule has 0 spiro atoms. The number of hydrogen-bond donors (Lipinski definition) is 3. The molecule has 0 saturated carbocycles. The maximum Gasteiger partial charge on any atom is 0.220 e. The second-order valence-corrected chi connectivity index (χ2v) is 2.35. The summed E-state index contributed by atoms with van der Waals surface area (Å²) in [5, 5.41) is 11.0. The largest absolute Gasteiger partial charge is 0.396 e. The third-order valence-electron chi connectivity index (χ3n) is 0.996. The lowest BCUT2D eigenvalue weighted by Gasteiger charge is -2.00. The summed E-state index contributed by atoms with van der Waals surface area (Å²) in [7, 11) is 0. The first kappa shape index (κ1) is 9.78. The van der Waals surface area contributed by atoms with Gasteiger partial charge in [-0.1, -0.05) is 0 Å². The van der Waals surface area contributed by atoms with Crippen LogP contribution in [0, 0.1) is 0 Å². The number of amides is 1. The van der Waals surface area contributed by atoms with E-state index in [2.05, 4.69) is 17.9 Å². The number of aliphatic hydroxyl groups excluding tert-OH is 1. The van der Waals surface area contributed by atoms with Gasteiger partial charge in [0.25, 0.3) is 0 Å². The molecule has 0 aliphatic carbocycles. The Morgan fingerprint density at radius 1 is 1.60 bits per heavy atom. The zero-order valence-electron chi connectivity index (χ0n) is 5.84. The van der Waals surface area contributed by atoms with Crippen molar-refractivity contribution >= 4 is 18.5 Å². The first-order valence-corrected chi connectivity index (χ1v) is 3.93. The van der Waals surface area contributed by atoms with Crippen LogP contribution in [0.25, 0.3) is 0 Å². The van der Waals surface area contributed by atoms with Crippen molar-refractivity contribution in [3.05, 3.63) is 0 Å². The molecule has 0 atom stereocenters. The summed E-state index contributed by atoms with van der Waals surface area (Å²) in [6, 6.07) is 0. The summed E-state index contributed by atoms with van der Waals surface area (Å²) in [4.78, 5) is 10.7. The molecule has 0 bridgehead atoms. The average molecular weight is 163 g/mol. The topological polar surface area (TPSA) is 49.3 Å². The second-order valence-electron chi connectivity index (χ2n) is 1.90. The summed E-state index contributed by atoms with van der Waals surface area (Å²) in [5.74, 6) is 0.647. The molecule has 0 aliphatic rings. The molecular weight excluding hydrogens is 150 g/mol. The second kappa shape index (κ2) is 6.89. The number of nitrogens with one attached hydrogen (secondary N) is 1. The van der Waals surface area contributed by atoms with Gasteiger partial charge in [0, 0.05) is 25.3 Å². The molecular formula is C6H13NO2S. The van der Waals surface area contributed by atoms with Crippen molar-refractivity contribution in [2.75, 3.05) is 18.9 Å². The Balaban J connectivity index is 3.09. The summed E-state index contributed by atoms with van der Waals surface area (Å²) in [5.41, 5.74) is 0. The van der Waals surface area contributed by atoms with E-state index < -0.39 is 0 Å². The molecule has 0 rings (SSSR count).